The molecule has 104 valence electrons. The summed E-state index contributed by atoms with van der Waals surface area (Å²) in [6.07, 6.45) is 0. The van der Waals surface area contributed by atoms with Crippen LogP contribution in [0.1, 0.15) is 20.8 Å². The van der Waals surface area contributed by atoms with Gasteiger partial charge in [0.1, 0.15) is 0 Å². The Bertz CT molecular complexity index is 151. The van der Waals surface area contributed by atoms with E-state index in [9.17, 15) is 0 Å². The van der Waals surface area contributed by atoms with Crippen molar-refractivity contribution in [2.45, 2.75) is 26.8 Å². The molecule has 0 heterocycles. The van der Waals surface area contributed by atoms with Crippen molar-refractivity contribution in [2.75, 3.05) is 46.8 Å². The fourth-order valence-electron chi connectivity index (χ4n) is 1.44. The Kier molecular flexibility index (Phi) is 11.1. The highest BCUT2D eigenvalue weighted by atomic mass is 28.4. The number of hydrogen-bond donors (Lipinski definition) is 0. The van der Waals surface area contributed by atoms with Crippen molar-refractivity contribution >= 4 is 8.80 Å². The Hall–Kier alpha value is 0.0169. The van der Waals surface area contributed by atoms with E-state index in [1.54, 1.807) is 7.11 Å². The highest BCUT2D eigenvalue weighted by molar-refractivity contribution is 6.60. The number of ether oxygens (including phenoxy) is 2. The van der Waals surface area contributed by atoms with Gasteiger partial charge >= 0.3 is 8.80 Å². The van der Waals surface area contributed by atoms with Crippen LogP contribution in [0.3, 0.4) is 0 Å². The summed E-state index contributed by atoms with van der Waals surface area (Å²) < 4.78 is 27.4. The quantitative estimate of drug-likeness (QED) is 0.397. The van der Waals surface area contributed by atoms with Gasteiger partial charge in [0, 0.05) is 33.0 Å². The molecule has 0 fully saturated rings. The maximum atomic E-state index is 5.70. The third-order valence-electron chi connectivity index (χ3n) is 2.08. The minimum atomic E-state index is -2.52. The van der Waals surface area contributed by atoms with Gasteiger partial charge in [-0.2, -0.15) is 0 Å². The van der Waals surface area contributed by atoms with E-state index >= 15 is 0 Å². The smallest absolute Gasteiger partial charge is 0.382 e. The molecule has 0 aromatic carbocycles. The van der Waals surface area contributed by atoms with Gasteiger partial charge in [-0.05, 0) is 20.8 Å². The van der Waals surface area contributed by atoms with E-state index in [0.717, 1.165) is 0 Å². The van der Waals surface area contributed by atoms with Crippen molar-refractivity contribution in [1.82, 2.24) is 0 Å². The molecule has 0 aliphatic heterocycles. The van der Waals surface area contributed by atoms with Crippen LogP contribution in [0.15, 0.2) is 0 Å². The highest BCUT2D eigenvalue weighted by Crippen LogP contribution is 2.15. The van der Waals surface area contributed by atoms with E-state index in [1.165, 1.54) is 0 Å². The molecule has 5 nitrogen and oxygen atoms in total. The molecule has 0 spiro atoms. The van der Waals surface area contributed by atoms with Crippen LogP contribution in [0.4, 0.5) is 0 Å². The molecule has 0 unspecified atom stereocenters. The topological polar surface area (TPSA) is 46.2 Å². The van der Waals surface area contributed by atoms with Crippen LogP contribution in [0.2, 0.25) is 6.04 Å². The largest absolute Gasteiger partial charge is 0.503 e. The summed E-state index contributed by atoms with van der Waals surface area (Å²) in [5, 5.41) is 0. The van der Waals surface area contributed by atoms with Gasteiger partial charge in [0.2, 0.25) is 0 Å². The Balaban J connectivity index is 4.05. The predicted octanol–water partition coefficient (Wildman–Crippen LogP) is 1.70. The number of rotatable bonds is 12. The van der Waals surface area contributed by atoms with E-state index in [1.807, 2.05) is 20.8 Å². The summed E-state index contributed by atoms with van der Waals surface area (Å²) in [6.45, 7) is 9.43. The van der Waals surface area contributed by atoms with E-state index in [0.29, 0.717) is 45.7 Å². The average Bonchev–Trinajstić information content (AvgIpc) is 2.30. The minimum Gasteiger partial charge on any atom is -0.382 e. The summed E-state index contributed by atoms with van der Waals surface area (Å²) >= 11 is 0. The zero-order valence-corrected chi connectivity index (χ0v) is 12.5. The first kappa shape index (κ1) is 17.0. The molecule has 0 aliphatic rings. The molecule has 0 aliphatic carbocycles. The van der Waals surface area contributed by atoms with Crippen LogP contribution in [0, 0.1) is 0 Å². The van der Waals surface area contributed by atoms with Gasteiger partial charge in [-0.15, -0.1) is 0 Å². The monoisotopic (exact) mass is 266 g/mol. The molecule has 0 rings (SSSR count). The van der Waals surface area contributed by atoms with Gasteiger partial charge in [-0.25, -0.2) is 0 Å². The molecule has 6 heteroatoms. The van der Waals surface area contributed by atoms with Gasteiger partial charge in [0.15, 0.2) is 0 Å². The highest BCUT2D eigenvalue weighted by Gasteiger charge is 2.39. The van der Waals surface area contributed by atoms with Crippen LogP contribution in [0.25, 0.3) is 0 Å². The molecule has 0 bridgehead atoms. The van der Waals surface area contributed by atoms with Crippen molar-refractivity contribution in [3.05, 3.63) is 0 Å². The van der Waals surface area contributed by atoms with Crippen molar-refractivity contribution in [2.24, 2.45) is 0 Å². The molecular weight excluding hydrogens is 240 g/mol. The lowest BCUT2D eigenvalue weighted by molar-refractivity contribution is 0.0458. The number of methoxy groups -OCH3 is 1. The summed E-state index contributed by atoms with van der Waals surface area (Å²) in [6, 6.07) is 0.687. The molecule has 0 amide bonds. The number of hydrogen-bond acceptors (Lipinski definition) is 5. The zero-order chi connectivity index (χ0) is 13.0. The molecule has 0 aromatic heterocycles. The first-order chi connectivity index (χ1) is 8.24. The van der Waals surface area contributed by atoms with Gasteiger partial charge in [-0.3, -0.25) is 0 Å². The van der Waals surface area contributed by atoms with Gasteiger partial charge < -0.3 is 22.8 Å². The fraction of sp³-hybridized carbons (Fsp3) is 1.00. The maximum absolute atomic E-state index is 5.70. The van der Waals surface area contributed by atoms with Crippen LogP contribution in [0.5, 0.6) is 0 Å². The van der Waals surface area contributed by atoms with Crippen LogP contribution in [-0.2, 0) is 22.8 Å². The molecule has 0 saturated carbocycles. The first-order valence-electron chi connectivity index (χ1n) is 6.23. The van der Waals surface area contributed by atoms with Gasteiger partial charge in [-0.1, -0.05) is 0 Å². The molecule has 0 radical (unpaired) electrons. The van der Waals surface area contributed by atoms with Gasteiger partial charge in [0.25, 0.3) is 0 Å². The maximum Gasteiger partial charge on any atom is 0.503 e. The minimum absolute atomic E-state index is 0.579. The van der Waals surface area contributed by atoms with Crippen molar-refractivity contribution in [1.29, 1.82) is 0 Å². The molecule has 0 atom stereocenters. The Labute approximate surface area is 106 Å². The molecule has 0 N–H and O–H groups in total. The predicted molar refractivity (Wildman–Crippen MR) is 68.1 cm³/mol. The van der Waals surface area contributed by atoms with Crippen LogP contribution < -0.4 is 0 Å². The molecule has 0 aromatic rings. The summed E-state index contributed by atoms with van der Waals surface area (Å²) in [5.41, 5.74) is 0. The third-order valence-corrected chi connectivity index (χ3v) is 5.08. The van der Waals surface area contributed by atoms with Crippen molar-refractivity contribution in [3.8, 4) is 0 Å². The van der Waals surface area contributed by atoms with Crippen molar-refractivity contribution < 1.29 is 22.8 Å². The first-order valence-corrected chi connectivity index (χ1v) is 8.16. The van der Waals surface area contributed by atoms with Gasteiger partial charge in [0.05, 0.1) is 19.8 Å². The Morgan fingerprint density at radius 2 is 1.29 bits per heavy atom. The van der Waals surface area contributed by atoms with E-state index < -0.39 is 8.80 Å². The van der Waals surface area contributed by atoms with Crippen molar-refractivity contribution in [3.63, 3.8) is 0 Å². The molecule has 0 saturated heterocycles. The van der Waals surface area contributed by atoms with E-state index in [2.05, 4.69) is 0 Å². The fourth-order valence-corrected chi connectivity index (χ4v) is 3.84. The second kappa shape index (κ2) is 11.1. The molecular formula is C11H26O5Si. The van der Waals surface area contributed by atoms with Crippen LogP contribution >= 0.6 is 0 Å². The lowest BCUT2D eigenvalue weighted by Crippen LogP contribution is -2.46. The lowest BCUT2D eigenvalue weighted by Gasteiger charge is -2.28. The summed E-state index contributed by atoms with van der Waals surface area (Å²) in [7, 11) is -0.866. The second-order valence-electron chi connectivity index (χ2n) is 3.34. The lowest BCUT2D eigenvalue weighted by atomic mass is 10.7. The standard InChI is InChI=1S/C11H26O5Si/c1-5-14-17(15-6-2,16-7-3)11-10-13-9-8-12-4/h5-11H2,1-4H3. The Morgan fingerprint density at radius 1 is 0.765 bits per heavy atom. The third kappa shape index (κ3) is 7.85. The molecule has 17 heavy (non-hydrogen) atoms. The summed E-state index contributed by atoms with van der Waals surface area (Å²) in [4.78, 5) is 0. The normalized spacial score (nSPS) is 12.0. The SMILES string of the molecule is CCO[Si](CCOCCOC)(OCC)OCC. The summed E-state index contributed by atoms with van der Waals surface area (Å²) in [5.74, 6) is 0. The van der Waals surface area contributed by atoms with E-state index in [-0.39, 0.29) is 0 Å². The van der Waals surface area contributed by atoms with Crippen LogP contribution in [-0.4, -0.2) is 55.6 Å². The Morgan fingerprint density at radius 3 is 1.71 bits per heavy atom. The van der Waals surface area contributed by atoms with E-state index in [4.69, 9.17) is 22.8 Å². The second-order valence-corrected chi connectivity index (χ2v) is 6.07. The average molecular weight is 266 g/mol. The zero-order valence-electron chi connectivity index (χ0n) is 11.5.